The molecule has 0 saturated heterocycles. The van der Waals surface area contributed by atoms with E-state index >= 15 is 0 Å². The minimum atomic E-state index is -0.514. The summed E-state index contributed by atoms with van der Waals surface area (Å²) >= 11 is 0. The normalized spacial score (nSPS) is 13.2. The second-order valence-electron chi connectivity index (χ2n) is 5.70. The van der Waals surface area contributed by atoms with Gasteiger partial charge in [-0.1, -0.05) is 32.9 Å². The maximum absolute atomic E-state index is 12.1. The van der Waals surface area contributed by atoms with Crippen LogP contribution in [-0.4, -0.2) is 29.0 Å². The number of phenols is 1. The van der Waals surface area contributed by atoms with E-state index in [1.54, 1.807) is 36.2 Å². The molecular weight excluding hydrogens is 228 g/mol. The Balaban J connectivity index is 2.68. The van der Waals surface area contributed by atoms with E-state index in [0.717, 1.165) is 5.56 Å². The quantitative estimate of drug-likeness (QED) is 0.858. The first kappa shape index (κ1) is 14.5. The third-order valence-electron chi connectivity index (χ3n) is 2.93. The van der Waals surface area contributed by atoms with Crippen LogP contribution >= 0.6 is 0 Å². The highest BCUT2D eigenvalue weighted by atomic mass is 16.3. The molecule has 0 unspecified atom stereocenters. The Bertz CT molecular complexity index is 407. The molecular formula is C14H22N2O2. The van der Waals surface area contributed by atoms with E-state index < -0.39 is 6.04 Å². The zero-order valence-electron chi connectivity index (χ0n) is 11.5. The Morgan fingerprint density at radius 3 is 2.28 bits per heavy atom. The lowest BCUT2D eigenvalue weighted by molar-refractivity contribution is -0.134. The van der Waals surface area contributed by atoms with Crippen molar-refractivity contribution in [3.05, 3.63) is 29.8 Å². The first-order valence-electron chi connectivity index (χ1n) is 6.00. The molecule has 0 aliphatic carbocycles. The molecule has 0 bridgehead atoms. The fourth-order valence-electron chi connectivity index (χ4n) is 1.56. The van der Waals surface area contributed by atoms with Gasteiger partial charge in [-0.05, 0) is 23.1 Å². The largest absolute Gasteiger partial charge is 0.508 e. The number of rotatable bonds is 3. The van der Waals surface area contributed by atoms with Crippen LogP contribution in [0.25, 0.3) is 0 Å². The molecule has 0 aliphatic heterocycles. The minimum absolute atomic E-state index is 0.0735. The molecule has 1 atom stereocenters. The van der Waals surface area contributed by atoms with Crippen LogP contribution in [0.1, 0.15) is 26.3 Å². The molecule has 0 aromatic heterocycles. The highest BCUT2D eigenvalue weighted by Gasteiger charge is 2.29. The molecule has 4 nitrogen and oxygen atoms in total. The predicted octanol–water partition coefficient (Wildman–Crippen LogP) is 1.72. The monoisotopic (exact) mass is 250 g/mol. The van der Waals surface area contributed by atoms with E-state index in [9.17, 15) is 9.90 Å². The summed E-state index contributed by atoms with van der Waals surface area (Å²) in [6.45, 7) is 6.33. The Hall–Kier alpha value is -1.55. The lowest BCUT2D eigenvalue weighted by Crippen LogP contribution is -2.48. The molecule has 0 radical (unpaired) electrons. The molecule has 0 aliphatic rings. The molecule has 3 N–H and O–H groups in total. The van der Waals surface area contributed by atoms with Crippen LogP contribution in [0.15, 0.2) is 24.3 Å². The van der Waals surface area contributed by atoms with Gasteiger partial charge in [-0.2, -0.15) is 0 Å². The highest BCUT2D eigenvalue weighted by molar-refractivity contribution is 5.82. The Morgan fingerprint density at radius 1 is 1.33 bits per heavy atom. The van der Waals surface area contributed by atoms with Gasteiger partial charge in [-0.15, -0.1) is 0 Å². The number of carbonyl (C=O) groups is 1. The second kappa shape index (κ2) is 5.40. The first-order valence-corrected chi connectivity index (χ1v) is 6.00. The topological polar surface area (TPSA) is 66.6 Å². The van der Waals surface area contributed by atoms with Crippen molar-refractivity contribution in [2.45, 2.75) is 33.4 Å². The van der Waals surface area contributed by atoms with E-state index in [1.807, 2.05) is 20.8 Å². The number of nitrogens with two attached hydrogens (primary N) is 1. The number of hydrogen-bond acceptors (Lipinski definition) is 3. The van der Waals surface area contributed by atoms with Gasteiger partial charge in [-0.3, -0.25) is 4.79 Å². The number of aromatic hydroxyl groups is 1. The first-order chi connectivity index (χ1) is 8.21. The van der Waals surface area contributed by atoms with E-state index in [-0.39, 0.29) is 17.1 Å². The van der Waals surface area contributed by atoms with Crippen LogP contribution in [0.4, 0.5) is 0 Å². The molecule has 0 heterocycles. The molecule has 1 rings (SSSR count). The number of likely N-dealkylation sites (N-methyl/N-ethyl adjacent to an activating group) is 1. The third-order valence-corrected chi connectivity index (χ3v) is 2.93. The van der Waals surface area contributed by atoms with Gasteiger partial charge in [0, 0.05) is 13.6 Å². The van der Waals surface area contributed by atoms with Crippen molar-refractivity contribution in [1.82, 2.24) is 4.90 Å². The summed E-state index contributed by atoms with van der Waals surface area (Å²) < 4.78 is 0. The summed E-state index contributed by atoms with van der Waals surface area (Å²) in [5, 5.41) is 9.19. The van der Waals surface area contributed by atoms with Crippen LogP contribution in [0.5, 0.6) is 5.75 Å². The van der Waals surface area contributed by atoms with Crippen LogP contribution in [0.2, 0.25) is 0 Å². The van der Waals surface area contributed by atoms with Gasteiger partial charge in [0.15, 0.2) is 0 Å². The SMILES string of the molecule is CN(Cc1ccc(O)cc1)C(=O)[C@H](N)C(C)(C)C. The maximum atomic E-state index is 12.1. The van der Waals surface area contributed by atoms with Gasteiger partial charge in [0.2, 0.25) is 5.91 Å². The third kappa shape index (κ3) is 3.74. The van der Waals surface area contributed by atoms with Crippen molar-refractivity contribution in [3.8, 4) is 5.75 Å². The molecule has 0 spiro atoms. The maximum Gasteiger partial charge on any atom is 0.240 e. The van der Waals surface area contributed by atoms with Crippen molar-refractivity contribution in [2.24, 2.45) is 11.1 Å². The number of nitrogens with zero attached hydrogens (tertiary/aromatic N) is 1. The summed E-state index contributed by atoms with van der Waals surface area (Å²) in [5.74, 6) is 0.148. The van der Waals surface area contributed by atoms with Gasteiger partial charge in [-0.25, -0.2) is 0 Å². The van der Waals surface area contributed by atoms with E-state index in [0.29, 0.717) is 6.54 Å². The highest BCUT2D eigenvalue weighted by Crippen LogP contribution is 2.19. The standard InChI is InChI=1S/C14H22N2O2/c1-14(2,3)12(15)13(18)16(4)9-10-5-7-11(17)8-6-10/h5-8,12,17H,9,15H2,1-4H3/t12-/m0/s1. The fraction of sp³-hybridized carbons (Fsp3) is 0.500. The molecule has 4 heteroatoms. The van der Waals surface area contributed by atoms with E-state index in [4.69, 9.17) is 5.73 Å². The van der Waals surface area contributed by atoms with Crippen molar-refractivity contribution in [1.29, 1.82) is 0 Å². The molecule has 1 aromatic rings. The van der Waals surface area contributed by atoms with Crippen molar-refractivity contribution < 1.29 is 9.90 Å². The lowest BCUT2D eigenvalue weighted by Gasteiger charge is -2.30. The van der Waals surface area contributed by atoms with Crippen molar-refractivity contribution in [3.63, 3.8) is 0 Å². The predicted molar refractivity (Wildman–Crippen MR) is 72.0 cm³/mol. The molecule has 1 aromatic carbocycles. The van der Waals surface area contributed by atoms with Gasteiger partial charge < -0.3 is 15.7 Å². The molecule has 0 fully saturated rings. The van der Waals surface area contributed by atoms with E-state index in [1.165, 1.54) is 0 Å². The number of benzene rings is 1. The van der Waals surface area contributed by atoms with Gasteiger partial charge >= 0.3 is 0 Å². The minimum Gasteiger partial charge on any atom is -0.508 e. The lowest BCUT2D eigenvalue weighted by atomic mass is 9.86. The zero-order chi connectivity index (χ0) is 13.9. The average molecular weight is 250 g/mol. The Labute approximate surface area is 108 Å². The summed E-state index contributed by atoms with van der Waals surface area (Å²) in [4.78, 5) is 13.7. The Kier molecular flexibility index (Phi) is 4.35. The smallest absolute Gasteiger partial charge is 0.240 e. The number of amides is 1. The van der Waals surface area contributed by atoms with Gasteiger partial charge in [0.1, 0.15) is 5.75 Å². The van der Waals surface area contributed by atoms with Gasteiger partial charge in [0.25, 0.3) is 0 Å². The summed E-state index contributed by atoms with van der Waals surface area (Å²) in [6.07, 6.45) is 0. The van der Waals surface area contributed by atoms with Crippen LogP contribution in [0, 0.1) is 5.41 Å². The van der Waals surface area contributed by atoms with Crippen LogP contribution in [-0.2, 0) is 11.3 Å². The summed E-state index contributed by atoms with van der Waals surface area (Å²) in [5.41, 5.74) is 6.65. The summed E-state index contributed by atoms with van der Waals surface area (Å²) in [7, 11) is 1.74. The molecule has 1 amide bonds. The molecule has 100 valence electrons. The summed E-state index contributed by atoms with van der Waals surface area (Å²) in [6, 6.07) is 6.29. The number of carbonyl (C=O) groups excluding carboxylic acids is 1. The van der Waals surface area contributed by atoms with Crippen molar-refractivity contribution >= 4 is 5.91 Å². The van der Waals surface area contributed by atoms with E-state index in [2.05, 4.69) is 0 Å². The van der Waals surface area contributed by atoms with Crippen LogP contribution < -0.4 is 5.73 Å². The fourth-order valence-corrected chi connectivity index (χ4v) is 1.56. The van der Waals surface area contributed by atoms with Crippen molar-refractivity contribution in [2.75, 3.05) is 7.05 Å². The number of hydrogen-bond donors (Lipinski definition) is 2. The average Bonchev–Trinajstić information content (AvgIpc) is 2.29. The molecule has 18 heavy (non-hydrogen) atoms. The zero-order valence-corrected chi connectivity index (χ0v) is 11.5. The van der Waals surface area contributed by atoms with Gasteiger partial charge in [0.05, 0.1) is 6.04 Å². The van der Waals surface area contributed by atoms with Crippen LogP contribution in [0.3, 0.4) is 0 Å². The molecule has 0 saturated carbocycles. The Morgan fingerprint density at radius 2 is 1.83 bits per heavy atom. The number of phenolic OH excluding ortho intramolecular Hbond substituents is 1. The second-order valence-corrected chi connectivity index (χ2v) is 5.70.